The zero-order valence-corrected chi connectivity index (χ0v) is 7.28. The van der Waals surface area contributed by atoms with Crippen molar-refractivity contribution >= 4 is 24.9 Å². The summed E-state index contributed by atoms with van der Waals surface area (Å²) < 4.78 is 5.22. The van der Waals surface area contributed by atoms with E-state index >= 15 is 0 Å². The number of fused-ring (bicyclic) bond motifs is 1. The number of nitrogens with zero attached hydrogens (tertiary/aromatic N) is 1. The third-order valence-corrected chi connectivity index (χ3v) is 2.07. The number of hydrogen-bond donors (Lipinski definition) is 0. The van der Waals surface area contributed by atoms with Gasteiger partial charge in [0, 0.05) is 7.05 Å². The molecule has 1 aliphatic heterocycles. The average molecular weight is 173 g/mol. The first kappa shape index (κ1) is 8.17. The van der Waals surface area contributed by atoms with E-state index in [1.807, 2.05) is 0 Å². The number of likely N-dealkylation sites (N-methyl/N-ethyl adjacent to an activating group) is 1. The second-order valence-electron chi connectivity index (χ2n) is 2.97. The molecule has 2 rings (SSSR count). The molecule has 2 radical (unpaired) electrons. The van der Waals surface area contributed by atoms with Crippen LogP contribution in [0.15, 0.2) is 18.2 Å². The van der Waals surface area contributed by atoms with Gasteiger partial charge >= 0.3 is 0 Å². The van der Waals surface area contributed by atoms with Gasteiger partial charge < -0.3 is 9.64 Å². The minimum atomic E-state index is -0.0442. The largest absolute Gasteiger partial charge is 0.482 e. The molecule has 4 heteroatoms. The molecule has 1 amide bonds. The van der Waals surface area contributed by atoms with Gasteiger partial charge in [-0.1, -0.05) is 11.5 Å². The predicted octanol–water partition coefficient (Wildman–Crippen LogP) is -0.164. The van der Waals surface area contributed by atoms with E-state index in [2.05, 4.69) is 0 Å². The fourth-order valence-electron chi connectivity index (χ4n) is 1.29. The molecule has 0 N–H and O–H groups in total. The maximum absolute atomic E-state index is 11.2. The van der Waals surface area contributed by atoms with Crippen molar-refractivity contribution in [1.29, 1.82) is 0 Å². The SMILES string of the molecule is [B]c1ccc2c(c1)OCC(=O)N2C. The second-order valence-corrected chi connectivity index (χ2v) is 2.97. The summed E-state index contributed by atoms with van der Waals surface area (Å²) in [5, 5.41) is 0. The fourth-order valence-corrected chi connectivity index (χ4v) is 1.29. The Balaban J connectivity index is 2.49. The van der Waals surface area contributed by atoms with E-state index in [9.17, 15) is 4.79 Å². The standard InChI is InChI=1S/C9H8BNO2/c1-11-7-3-2-6(10)4-8(7)13-5-9(11)12/h2-4H,5H2,1H3. The van der Waals surface area contributed by atoms with Crippen molar-refractivity contribution in [3.05, 3.63) is 18.2 Å². The van der Waals surface area contributed by atoms with Crippen molar-refractivity contribution in [2.75, 3.05) is 18.6 Å². The van der Waals surface area contributed by atoms with Crippen molar-refractivity contribution in [2.24, 2.45) is 0 Å². The molecule has 0 aliphatic carbocycles. The first-order valence-electron chi connectivity index (χ1n) is 3.97. The van der Waals surface area contributed by atoms with E-state index in [1.54, 1.807) is 30.1 Å². The molecule has 0 spiro atoms. The lowest BCUT2D eigenvalue weighted by Crippen LogP contribution is -2.35. The quantitative estimate of drug-likeness (QED) is 0.510. The summed E-state index contributed by atoms with van der Waals surface area (Å²) in [6, 6.07) is 5.25. The molecule has 0 atom stereocenters. The fraction of sp³-hybridized carbons (Fsp3) is 0.222. The van der Waals surface area contributed by atoms with Crippen molar-refractivity contribution < 1.29 is 9.53 Å². The highest BCUT2D eigenvalue weighted by Gasteiger charge is 2.21. The van der Waals surface area contributed by atoms with E-state index in [0.29, 0.717) is 11.2 Å². The zero-order valence-electron chi connectivity index (χ0n) is 7.28. The molecule has 64 valence electrons. The third-order valence-electron chi connectivity index (χ3n) is 2.07. The number of carbonyl (C=O) groups excluding carboxylic acids is 1. The Bertz CT molecular complexity index is 365. The van der Waals surface area contributed by atoms with Crippen LogP contribution < -0.4 is 15.1 Å². The van der Waals surface area contributed by atoms with Gasteiger partial charge in [0.05, 0.1) is 5.69 Å². The lowest BCUT2D eigenvalue weighted by molar-refractivity contribution is -0.120. The lowest BCUT2D eigenvalue weighted by Gasteiger charge is -2.26. The van der Waals surface area contributed by atoms with Crippen LogP contribution in [0.4, 0.5) is 5.69 Å². The van der Waals surface area contributed by atoms with Crippen LogP contribution in [0.25, 0.3) is 0 Å². The van der Waals surface area contributed by atoms with Gasteiger partial charge in [-0.3, -0.25) is 4.79 Å². The second kappa shape index (κ2) is 2.80. The van der Waals surface area contributed by atoms with Gasteiger partial charge in [0.2, 0.25) is 0 Å². The Labute approximate surface area is 77.7 Å². The van der Waals surface area contributed by atoms with Gasteiger partial charge in [0.15, 0.2) is 6.61 Å². The van der Waals surface area contributed by atoms with Crippen LogP contribution in [0.2, 0.25) is 0 Å². The molecule has 0 saturated heterocycles. The minimum Gasteiger partial charge on any atom is -0.482 e. The topological polar surface area (TPSA) is 29.5 Å². The van der Waals surface area contributed by atoms with Crippen molar-refractivity contribution in [3.63, 3.8) is 0 Å². The van der Waals surface area contributed by atoms with Gasteiger partial charge in [0.25, 0.3) is 5.91 Å². The Morgan fingerprint density at radius 1 is 1.54 bits per heavy atom. The molecule has 3 nitrogen and oxygen atoms in total. The molecule has 0 fully saturated rings. The first-order valence-corrected chi connectivity index (χ1v) is 3.97. The molecule has 0 aromatic heterocycles. The number of amides is 1. The minimum absolute atomic E-state index is 0.0442. The van der Waals surface area contributed by atoms with Crippen LogP contribution in [0.5, 0.6) is 5.75 Å². The van der Waals surface area contributed by atoms with Gasteiger partial charge in [-0.15, -0.1) is 0 Å². The van der Waals surface area contributed by atoms with Gasteiger partial charge in [-0.05, 0) is 12.1 Å². The summed E-state index contributed by atoms with van der Waals surface area (Å²) in [4.78, 5) is 12.8. The molecular formula is C9H8BNO2. The van der Waals surface area contributed by atoms with E-state index in [1.165, 1.54) is 0 Å². The van der Waals surface area contributed by atoms with Crippen LogP contribution in [-0.2, 0) is 4.79 Å². The van der Waals surface area contributed by atoms with E-state index < -0.39 is 0 Å². The number of hydrogen-bond acceptors (Lipinski definition) is 2. The highest BCUT2D eigenvalue weighted by atomic mass is 16.5. The van der Waals surface area contributed by atoms with Crippen LogP contribution in [0.3, 0.4) is 0 Å². The van der Waals surface area contributed by atoms with Gasteiger partial charge in [0.1, 0.15) is 13.6 Å². The van der Waals surface area contributed by atoms with E-state index in [-0.39, 0.29) is 12.5 Å². The summed E-state index contributed by atoms with van der Waals surface area (Å²) in [6.45, 7) is 0.0902. The normalized spacial score (nSPS) is 15.2. The number of carbonyl (C=O) groups is 1. The molecule has 1 heterocycles. The molecule has 0 bridgehead atoms. The van der Waals surface area contributed by atoms with Crippen LogP contribution in [0, 0.1) is 0 Å². The average Bonchev–Trinajstić information content (AvgIpc) is 2.12. The molecule has 1 aliphatic rings. The van der Waals surface area contributed by atoms with Crippen molar-refractivity contribution in [2.45, 2.75) is 0 Å². The number of ether oxygens (including phenoxy) is 1. The van der Waals surface area contributed by atoms with Crippen molar-refractivity contribution in [1.82, 2.24) is 0 Å². The maximum atomic E-state index is 11.2. The van der Waals surface area contributed by atoms with Gasteiger partial charge in [-0.25, -0.2) is 0 Å². The van der Waals surface area contributed by atoms with Gasteiger partial charge in [-0.2, -0.15) is 0 Å². The van der Waals surface area contributed by atoms with Crippen LogP contribution >= 0.6 is 0 Å². The lowest BCUT2D eigenvalue weighted by atomic mass is 9.95. The Kier molecular flexibility index (Phi) is 1.76. The monoisotopic (exact) mass is 173 g/mol. The number of rotatable bonds is 0. The molecular weight excluding hydrogens is 165 g/mol. The van der Waals surface area contributed by atoms with Crippen LogP contribution in [0.1, 0.15) is 0 Å². The number of benzene rings is 1. The van der Waals surface area contributed by atoms with E-state index in [4.69, 9.17) is 12.6 Å². The zero-order chi connectivity index (χ0) is 9.42. The highest BCUT2D eigenvalue weighted by Crippen LogP contribution is 2.29. The molecule has 0 saturated carbocycles. The first-order chi connectivity index (χ1) is 6.18. The summed E-state index contributed by atoms with van der Waals surface area (Å²) in [7, 11) is 7.30. The Morgan fingerprint density at radius 3 is 3.08 bits per heavy atom. The van der Waals surface area contributed by atoms with Crippen LogP contribution in [-0.4, -0.2) is 27.4 Å². The maximum Gasteiger partial charge on any atom is 0.264 e. The smallest absolute Gasteiger partial charge is 0.264 e. The summed E-state index contributed by atoms with van der Waals surface area (Å²) >= 11 is 0. The summed E-state index contributed by atoms with van der Waals surface area (Å²) in [5.74, 6) is 0.624. The Morgan fingerprint density at radius 2 is 2.31 bits per heavy atom. The highest BCUT2D eigenvalue weighted by molar-refractivity contribution is 6.32. The number of anilines is 1. The Hall–Kier alpha value is -1.45. The molecule has 0 unspecified atom stereocenters. The van der Waals surface area contributed by atoms with Crippen molar-refractivity contribution in [3.8, 4) is 5.75 Å². The predicted molar refractivity (Wildman–Crippen MR) is 50.7 cm³/mol. The summed E-state index contributed by atoms with van der Waals surface area (Å²) in [5.41, 5.74) is 1.41. The third kappa shape index (κ3) is 1.28. The van der Waals surface area contributed by atoms with E-state index in [0.717, 1.165) is 5.69 Å². The molecule has 1 aromatic rings. The molecule has 13 heavy (non-hydrogen) atoms. The summed E-state index contributed by atoms with van der Waals surface area (Å²) in [6.07, 6.45) is 0. The molecule has 1 aromatic carbocycles.